The Hall–Kier alpha value is -2.46. The molecular weight excluding hydrogens is 316 g/mol. The predicted octanol–water partition coefficient (Wildman–Crippen LogP) is 4.40. The highest BCUT2D eigenvalue weighted by molar-refractivity contribution is 7.15. The second-order valence-electron chi connectivity index (χ2n) is 5.99. The molecule has 120 valence electrons. The first-order valence-electron chi connectivity index (χ1n) is 8.20. The van der Waals surface area contributed by atoms with E-state index >= 15 is 0 Å². The number of hydrogen-bond donors (Lipinski definition) is 1. The third-order valence-corrected chi connectivity index (χ3v) is 5.43. The Morgan fingerprint density at radius 2 is 1.58 bits per heavy atom. The molecule has 0 saturated heterocycles. The molecule has 1 amide bonds. The van der Waals surface area contributed by atoms with Gasteiger partial charge < -0.3 is 5.32 Å². The average molecular weight is 334 g/mol. The summed E-state index contributed by atoms with van der Waals surface area (Å²) in [6, 6.07) is 19.8. The molecule has 1 aliphatic carbocycles. The maximum atomic E-state index is 13.0. The van der Waals surface area contributed by atoms with E-state index in [4.69, 9.17) is 0 Å². The van der Waals surface area contributed by atoms with Crippen LogP contribution in [0.25, 0.3) is 0 Å². The molecule has 1 aromatic heterocycles. The van der Waals surface area contributed by atoms with Crippen molar-refractivity contribution in [2.45, 2.75) is 25.2 Å². The lowest BCUT2D eigenvalue weighted by molar-refractivity contribution is -0.116. The first-order chi connectivity index (χ1) is 11.8. The van der Waals surface area contributed by atoms with Crippen molar-refractivity contribution in [3.63, 3.8) is 0 Å². The minimum atomic E-state index is -0.328. The fourth-order valence-electron chi connectivity index (χ4n) is 3.21. The highest BCUT2D eigenvalue weighted by Gasteiger charge is 2.24. The number of benzene rings is 2. The monoisotopic (exact) mass is 334 g/mol. The summed E-state index contributed by atoms with van der Waals surface area (Å²) in [5.74, 6) is -0.356. The normalized spacial score (nSPS) is 13.0. The van der Waals surface area contributed by atoms with Crippen LogP contribution in [0.5, 0.6) is 0 Å². The van der Waals surface area contributed by atoms with Gasteiger partial charge in [0.15, 0.2) is 5.13 Å². The topological polar surface area (TPSA) is 42.0 Å². The van der Waals surface area contributed by atoms with Gasteiger partial charge in [-0.1, -0.05) is 60.7 Å². The quantitative estimate of drug-likeness (QED) is 0.768. The van der Waals surface area contributed by atoms with Crippen LogP contribution in [0.1, 0.15) is 34.0 Å². The van der Waals surface area contributed by atoms with Gasteiger partial charge in [-0.2, -0.15) is 0 Å². The van der Waals surface area contributed by atoms with E-state index in [0.29, 0.717) is 0 Å². The van der Waals surface area contributed by atoms with Gasteiger partial charge in [0.2, 0.25) is 5.91 Å². The minimum absolute atomic E-state index is 0.0279. The van der Waals surface area contributed by atoms with Crippen LogP contribution in [0.15, 0.2) is 60.7 Å². The van der Waals surface area contributed by atoms with Crippen LogP contribution < -0.4 is 5.32 Å². The number of aryl methyl sites for hydroxylation is 2. The van der Waals surface area contributed by atoms with Crippen molar-refractivity contribution >= 4 is 22.4 Å². The van der Waals surface area contributed by atoms with E-state index < -0.39 is 0 Å². The molecule has 24 heavy (non-hydrogen) atoms. The SMILES string of the molecule is O=C(Nc1nc2c(s1)CCC2)C(c1ccccc1)c1ccccc1. The predicted molar refractivity (Wildman–Crippen MR) is 97.5 cm³/mol. The summed E-state index contributed by atoms with van der Waals surface area (Å²) in [5, 5.41) is 3.76. The zero-order valence-corrected chi connectivity index (χ0v) is 14.1. The Morgan fingerprint density at radius 1 is 0.958 bits per heavy atom. The third-order valence-electron chi connectivity index (χ3n) is 4.35. The highest BCUT2D eigenvalue weighted by atomic mass is 32.1. The Labute approximate surface area is 145 Å². The van der Waals surface area contributed by atoms with Crippen LogP contribution in [0.2, 0.25) is 0 Å². The Kier molecular flexibility index (Phi) is 4.13. The largest absolute Gasteiger partial charge is 0.301 e. The van der Waals surface area contributed by atoms with Crippen molar-refractivity contribution in [1.29, 1.82) is 0 Å². The fourth-order valence-corrected chi connectivity index (χ4v) is 4.26. The third kappa shape index (κ3) is 2.97. The number of nitrogens with one attached hydrogen (secondary N) is 1. The first-order valence-corrected chi connectivity index (χ1v) is 9.02. The fraction of sp³-hybridized carbons (Fsp3) is 0.200. The van der Waals surface area contributed by atoms with Crippen LogP contribution in [0.4, 0.5) is 5.13 Å². The molecule has 1 N–H and O–H groups in total. The van der Waals surface area contributed by atoms with Gasteiger partial charge in [-0.15, -0.1) is 11.3 Å². The number of amides is 1. The summed E-state index contributed by atoms with van der Waals surface area (Å²) >= 11 is 1.62. The van der Waals surface area contributed by atoms with Gasteiger partial charge in [0, 0.05) is 4.88 Å². The first kappa shape index (κ1) is 15.1. The molecule has 0 atom stereocenters. The van der Waals surface area contributed by atoms with E-state index in [9.17, 15) is 4.79 Å². The zero-order valence-electron chi connectivity index (χ0n) is 13.2. The number of anilines is 1. The standard InChI is InChI=1S/C20H18N2OS/c23-19(22-20-21-16-12-7-13-17(16)24-20)18(14-8-3-1-4-9-14)15-10-5-2-6-11-15/h1-6,8-11,18H,7,12-13H2,(H,21,22,23). The summed E-state index contributed by atoms with van der Waals surface area (Å²) in [4.78, 5) is 18.9. The second-order valence-corrected chi connectivity index (χ2v) is 7.07. The van der Waals surface area contributed by atoms with Crippen LogP contribution in [-0.4, -0.2) is 10.9 Å². The van der Waals surface area contributed by atoms with E-state index in [1.54, 1.807) is 11.3 Å². The van der Waals surface area contributed by atoms with Gasteiger partial charge in [0.05, 0.1) is 11.6 Å². The Balaban J connectivity index is 1.64. The molecule has 1 heterocycles. The maximum absolute atomic E-state index is 13.0. The summed E-state index contributed by atoms with van der Waals surface area (Å²) in [7, 11) is 0. The molecule has 0 saturated carbocycles. The van der Waals surface area contributed by atoms with E-state index in [1.807, 2.05) is 60.7 Å². The lowest BCUT2D eigenvalue weighted by Gasteiger charge is -2.17. The summed E-state index contributed by atoms with van der Waals surface area (Å²) < 4.78 is 0. The molecule has 4 heteroatoms. The molecule has 1 aliphatic rings. The number of aromatic nitrogens is 1. The minimum Gasteiger partial charge on any atom is -0.301 e. The number of rotatable bonds is 4. The van der Waals surface area contributed by atoms with E-state index in [0.717, 1.165) is 34.8 Å². The number of hydrogen-bond acceptors (Lipinski definition) is 3. The number of carbonyl (C=O) groups excluding carboxylic acids is 1. The van der Waals surface area contributed by atoms with Crippen molar-refractivity contribution < 1.29 is 4.79 Å². The van der Waals surface area contributed by atoms with Gasteiger partial charge in [0.1, 0.15) is 0 Å². The van der Waals surface area contributed by atoms with Crippen LogP contribution in [0, 0.1) is 0 Å². The molecular formula is C20H18N2OS. The molecule has 0 fully saturated rings. The molecule has 0 bridgehead atoms. The summed E-state index contributed by atoms with van der Waals surface area (Å²) in [6.45, 7) is 0. The maximum Gasteiger partial charge on any atom is 0.238 e. The van der Waals surface area contributed by atoms with Crippen LogP contribution >= 0.6 is 11.3 Å². The van der Waals surface area contributed by atoms with Crippen LogP contribution in [-0.2, 0) is 17.6 Å². The van der Waals surface area contributed by atoms with E-state index in [-0.39, 0.29) is 11.8 Å². The molecule has 2 aromatic carbocycles. The average Bonchev–Trinajstić information content (AvgIpc) is 3.18. The lowest BCUT2D eigenvalue weighted by Crippen LogP contribution is -2.22. The molecule has 4 rings (SSSR count). The number of fused-ring (bicyclic) bond motifs is 1. The summed E-state index contributed by atoms with van der Waals surface area (Å²) in [5.41, 5.74) is 3.14. The zero-order chi connectivity index (χ0) is 16.4. The van der Waals surface area contributed by atoms with E-state index in [1.165, 1.54) is 11.3 Å². The molecule has 0 spiro atoms. The molecule has 0 radical (unpaired) electrons. The second kappa shape index (κ2) is 6.57. The van der Waals surface area contributed by atoms with Crippen LogP contribution in [0.3, 0.4) is 0 Å². The Morgan fingerprint density at radius 3 is 2.17 bits per heavy atom. The van der Waals surface area contributed by atoms with Crippen molar-refractivity contribution in [2.75, 3.05) is 5.32 Å². The summed E-state index contributed by atoms with van der Waals surface area (Å²) in [6.07, 6.45) is 3.30. The molecule has 0 unspecified atom stereocenters. The van der Waals surface area contributed by atoms with Crippen molar-refractivity contribution in [2.24, 2.45) is 0 Å². The smallest absolute Gasteiger partial charge is 0.238 e. The van der Waals surface area contributed by atoms with E-state index in [2.05, 4.69) is 10.3 Å². The molecule has 3 nitrogen and oxygen atoms in total. The lowest BCUT2D eigenvalue weighted by atomic mass is 9.90. The highest BCUT2D eigenvalue weighted by Crippen LogP contribution is 2.32. The molecule has 3 aromatic rings. The van der Waals surface area contributed by atoms with Gasteiger partial charge >= 0.3 is 0 Å². The van der Waals surface area contributed by atoms with Gasteiger partial charge in [0.25, 0.3) is 0 Å². The van der Waals surface area contributed by atoms with Crippen molar-refractivity contribution in [3.05, 3.63) is 82.4 Å². The van der Waals surface area contributed by atoms with Gasteiger partial charge in [-0.3, -0.25) is 4.79 Å². The van der Waals surface area contributed by atoms with Crippen molar-refractivity contribution in [3.8, 4) is 0 Å². The Bertz CT molecular complexity index is 782. The molecule has 0 aliphatic heterocycles. The van der Waals surface area contributed by atoms with Gasteiger partial charge in [-0.05, 0) is 30.4 Å². The number of nitrogens with zero attached hydrogens (tertiary/aromatic N) is 1. The number of carbonyl (C=O) groups is 1. The van der Waals surface area contributed by atoms with Crippen molar-refractivity contribution in [1.82, 2.24) is 4.98 Å². The van der Waals surface area contributed by atoms with Gasteiger partial charge in [-0.25, -0.2) is 4.98 Å². The number of thiazole rings is 1.